The van der Waals surface area contributed by atoms with Gasteiger partial charge in [0.2, 0.25) is 0 Å². The summed E-state index contributed by atoms with van der Waals surface area (Å²) in [6, 6.07) is 16.2. The van der Waals surface area contributed by atoms with Crippen LogP contribution in [0.2, 0.25) is 0 Å². The molecule has 0 aliphatic carbocycles. The fourth-order valence-electron chi connectivity index (χ4n) is 1.95. The van der Waals surface area contributed by atoms with Crippen LogP contribution in [0.15, 0.2) is 54.6 Å². The molecule has 0 saturated carbocycles. The monoisotopic (exact) mass is 273 g/mol. The van der Waals surface area contributed by atoms with Crippen LogP contribution >= 0.6 is 0 Å². The van der Waals surface area contributed by atoms with Crippen molar-refractivity contribution in [3.05, 3.63) is 65.7 Å². The molecule has 3 nitrogen and oxygen atoms in total. The smallest absolute Gasteiger partial charge is 0.310 e. The number of halogens is 1. The molecule has 0 aromatic heterocycles. The average molecular weight is 273 g/mol. The van der Waals surface area contributed by atoms with Crippen LogP contribution in [0.5, 0.6) is 0 Å². The number of esters is 1. The van der Waals surface area contributed by atoms with Gasteiger partial charge >= 0.3 is 5.97 Å². The van der Waals surface area contributed by atoms with Crippen molar-refractivity contribution in [1.82, 2.24) is 0 Å². The van der Waals surface area contributed by atoms with Crippen LogP contribution in [-0.2, 0) is 22.5 Å². The summed E-state index contributed by atoms with van der Waals surface area (Å²) in [4.78, 5) is 11.4. The van der Waals surface area contributed by atoms with E-state index < -0.39 is 0 Å². The van der Waals surface area contributed by atoms with Crippen LogP contribution in [0, 0.1) is 0 Å². The first-order chi connectivity index (χ1) is 9.70. The van der Waals surface area contributed by atoms with E-state index in [0.717, 1.165) is 5.56 Å². The first-order valence-corrected chi connectivity index (χ1v) is 6.32. The quantitative estimate of drug-likeness (QED) is 0.618. The number of benzene rings is 2. The molecular weight excluding hydrogens is 257 g/mol. The maximum atomic E-state index is 14.3. The third-order valence-electron chi connectivity index (χ3n) is 2.98. The van der Waals surface area contributed by atoms with E-state index in [1.165, 1.54) is 7.11 Å². The van der Waals surface area contributed by atoms with Gasteiger partial charge in [-0.3, -0.25) is 4.79 Å². The van der Waals surface area contributed by atoms with Crippen LogP contribution in [0.25, 0.3) is 0 Å². The molecule has 20 heavy (non-hydrogen) atoms. The molecule has 2 aromatic carbocycles. The van der Waals surface area contributed by atoms with Gasteiger partial charge in [0, 0.05) is 0 Å². The summed E-state index contributed by atoms with van der Waals surface area (Å²) in [5.41, 5.74) is 1.86. The normalized spacial score (nSPS) is 10.1. The molecular formula is C16H16FNO2. The Morgan fingerprint density at radius 3 is 2.45 bits per heavy atom. The van der Waals surface area contributed by atoms with Crippen molar-refractivity contribution in [1.29, 1.82) is 0 Å². The molecule has 0 saturated heterocycles. The lowest BCUT2D eigenvalue weighted by atomic mass is 10.1. The minimum absolute atomic E-state index is 0.0574. The predicted octanol–water partition coefficient (Wildman–Crippen LogP) is 3.29. The topological polar surface area (TPSA) is 29.5 Å². The van der Waals surface area contributed by atoms with E-state index in [1.807, 2.05) is 30.3 Å². The van der Waals surface area contributed by atoms with Crippen LogP contribution in [-0.4, -0.2) is 13.1 Å². The van der Waals surface area contributed by atoms with Gasteiger partial charge in [-0.05, 0) is 17.2 Å². The van der Waals surface area contributed by atoms with Crippen LogP contribution in [0.3, 0.4) is 0 Å². The Kier molecular flexibility index (Phi) is 4.71. The van der Waals surface area contributed by atoms with Crippen LogP contribution in [0.1, 0.15) is 11.1 Å². The Labute approximate surface area is 117 Å². The van der Waals surface area contributed by atoms with Gasteiger partial charge in [-0.1, -0.05) is 53.0 Å². The lowest BCUT2D eigenvalue weighted by Crippen LogP contribution is -2.15. The number of nitrogens with zero attached hydrogens (tertiary/aromatic N) is 1. The SMILES string of the molecule is COC(=O)Cc1ccccc1N(F)Cc1ccccc1. The van der Waals surface area contributed by atoms with Crippen molar-refractivity contribution >= 4 is 11.7 Å². The summed E-state index contributed by atoms with van der Waals surface area (Å²) < 4.78 is 18.9. The van der Waals surface area contributed by atoms with Gasteiger partial charge in [0.15, 0.2) is 0 Å². The highest BCUT2D eigenvalue weighted by atomic mass is 19.2. The molecule has 0 bridgehead atoms. The number of ether oxygens (including phenoxy) is 1. The van der Waals surface area contributed by atoms with E-state index >= 15 is 0 Å². The van der Waals surface area contributed by atoms with Gasteiger partial charge in [0.25, 0.3) is 0 Å². The molecule has 4 heteroatoms. The van der Waals surface area contributed by atoms with E-state index in [-0.39, 0.29) is 18.9 Å². The van der Waals surface area contributed by atoms with E-state index in [2.05, 4.69) is 4.74 Å². The fraction of sp³-hybridized carbons (Fsp3) is 0.188. The summed E-state index contributed by atoms with van der Waals surface area (Å²) in [5, 5.41) is 0.646. The maximum absolute atomic E-state index is 14.3. The van der Waals surface area contributed by atoms with Gasteiger partial charge < -0.3 is 4.74 Å². The molecule has 0 amide bonds. The summed E-state index contributed by atoms with van der Waals surface area (Å²) in [6.07, 6.45) is 0.0574. The van der Waals surface area contributed by atoms with Gasteiger partial charge in [0.1, 0.15) is 0 Å². The Morgan fingerprint density at radius 1 is 1.10 bits per heavy atom. The zero-order valence-electron chi connectivity index (χ0n) is 11.3. The number of carbonyl (C=O) groups excluding carboxylic acids is 1. The highest BCUT2D eigenvalue weighted by molar-refractivity contribution is 5.75. The number of rotatable bonds is 5. The van der Waals surface area contributed by atoms with Gasteiger partial charge in [-0.2, -0.15) is 0 Å². The number of para-hydroxylation sites is 1. The molecule has 2 rings (SSSR count). The molecule has 0 unspecified atom stereocenters. The third-order valence-corrected chi connectivity index (χ3v) is 2.98. The molecule has 0 spiro atoms. The largest absolute Gasteiger partial charge is 0.469 e. The Morgan fingerprint density at radius 2 is 1.75 bits per heavy atom. The average Bonchev–Trinajstić information content (AvgIpc) is 2.48. The number of methoxy groups -OCH3 is 1. The first kappa shape index (κ1) is 14.1. The van der Waals surface area contributed by atoms with Gasteiger partial charge in [-0.15, -0.1) is 0 Å². The van der Waals surface area contributed by atoms with Crippen LogP contribution in [0.4, 0.5) is 10.2 Å². The zero-order chi connectivity index (χ0) is 14.4. The molecule has 104 valence electrons. The lowest BCUT2D eigenvalue weighted by molar-refractivity contribution is -0.139. The summed E-state index contributed by atoms with van der Waals surface area (Å²) in [6.45, 7) is 0.138. The molecule has 0 atom stereocenters. The minimum atomic E-state index is -0.384. The van der Waals surface area contributed by atoms with Crippen molar-refractivity contribution in [3.63, 3.8) is 0 Å². The minimum Gasteiger partial charge on any atom is -0.469 e. The first-order valence-electron chi connectivity index (χ1n) is 6.32. The van der Waals surface area contributed by atoms with E-state index in [1.54, 1.807) is 24.3 Å². The van der Waals surface area contributed by atoms with Crippen molar-refractivity contribution in [2.45, 2.75) is 13.0 Å². The Bertz CT molecular complexity index is 572. The number of anilines is 1. The molecule has 0 heterocycles. The van der Waals surface area contributed by atoms with E-state index in [0.29, 0.717) is 16.4 Å². The molecule has 0 fully saturated rings. The van der Waals surface area contributed by atoms with Crippen molar-refractivity contribution in [2.75, 3.05) is 12.2 Å². The fourth-order valence-corrected chi connectivity index (χ4v) is 1.95. The molecule has 0 aliphatic heterocycles. The molecule has 0 aliphatic rings. The highest BCUT2D eigenvalue weighted by Gasteiger charge is 2.13. The number of hydrogen-bond acceptors (Lipinski definition) is 3. The Hall–Kier alpha value is -2.36. The third kappa shape index (κ3) is 3.57. The lowest BCUT2D eigenvalue weighted by Gasteiger charge is -2.17. The van der Waals surface area contributed by atoms with Gasteiger partial charge in [-0.25, -0.2) is 5.12 Å². The Balaban J connectivity index is 2.17. The summed E-state index contributed by atoms with van der Waals surface area (Å²) in [7, 11) is 1.32. The second-order valence-electron chi connectivity index (χ2n) is 4.39. The molecule has 0 N–H and O–H groups in total. The van der Waals surface area contributed by atoms with E-state index in [9.17, 15) is 9.28 Å². The standard InChI is InChI=1S/C16H16FNO2/c1-20-16(19)11-14-9-5-6-10-15(14)18(17)12-13-7-3-2-4-8-13/h2-10H,11-12H2,1H3. The van der Waals surface area contributed by atoms with Crippen molar-refractivity contribution in [3.8, 4) is 0 Å². The predicted molar refractivity (Wildman–Crippen MR) is 75.9 cm³/mol. The van der Waals surface area contributed by atoms with Crippen molar-refractivity contribution < 1.29 is 14.0 Å². The van der Waals surface area contributed by atoms with Crippen molar-refractivity contribution in [2.24, 2.45) is 0 Å². The maximum Gasteiger partial charge on any atom is 0.310 e. The van der Waals surface area contributed by atoms with Crippen LogP contribution < -0.4 is 5.12 Å². The number of hydrogen-bond donors (Lipinski definition) is 0. The second kappa shape index (κ2) is 6.70. The molecule has 2 aromatic rings. The summed E-state index contributed by atoms with van der Waals surface area (Å²) >= 11 is 0. The second-order valence-corrected chi connectivity index (χ2v) is 4.39. The zero-order valence-corrected chi connectivity index (χ0v) is 11.3. The highest BCUT2D eigenvalue weighted by Crippen LogP contribution is 2.23. The molecule has 0 radical (unpaired) electrons. The van der Waals surface area contributed by atoms with Gasteiger partial charge in [0.05, 0.1) is 25.8 Å². The van der Waals surface area contributed by atoms with E-state index in [4.69, 9.17) is 0 Å². The summed E-state index contributed by atoms with van der Waals surface area (Å²) in [5.74, 6) is -0.384. The number of carbonyl (C=O) groups is 1.